The van der Waals surface area contributed by atoms with Crippen molar-refractivity contribution in [3.8, 4) is 0 Å². The molecule has 14 heteroatoms. The van der Waals surface area contributed by atoms with Crippen molar-refractivity contribution >= 4 is 44.5 Å². The number of esters is 1. The molecule has 4 N–H and O–H groups in total. The number of hydrogen-bond donors (Lipinski definition) is 4. The number of amides is 1. The summed E-state index contributed by atoms with van der Waals surface area (Å²) >= 11 is 2.17. The summed E-state index contributed by atoms with van der Waals surface area (Å²) < 4.78 is 70.6. The molecule has 0 aliphatic carbocycles. The molecule has 1 amide bonds. The SMILES string of the molecule is CC(C)CS(=O)(=O)NCC(OC(=O)C(F)(F)F)C(=O)N[C@@H](Cc1ccccc1)[C@H](O)CNCc1cccc(I)c1. The maximum Gasteiger partial charge on any atom is 0.490 e. The van der Waals surface area contributed by atoms with E-state index in [4.69, 9.17) is 0 Å². The number of alkyl halides is 3. The Hall–Kier alpha value is -2.27. The average Bonchev–Trinajstić information content (AvgIpc) is 2.85. The van der Waals surface area contributed by atoms with Gasteiger partial charge >= 0.3 is 12.1 Å². The molecule has 0 saturated carbocycles. The molecule has 222 valence electrons. The zero-order valence-electron chi connectivity index (χ0n) is 21.9. The lowest BCUT2D eigenvalue weighted by molar-refractivity contribution is -0.205. The quantitative estimate of drug-likeness (QED) is 0.166. The van der Waals surface area contributed by atoms with E-state index in [1.165, 1.54) is 0 Å². The lowest BCUT2D eigenvalue weighted by Crippen LogP contribution is -2.54. The summed E-state index contributed by atoms with van der Waals surface area (Å²) in [6, 6.07) is 15.4. The zero-order chi connectivity index (χ0) is 29.9. The highest BCUT2D eigenvalue weighted by atomic mass is 127. The highest BCUT2D eigenvalue weighted by Crippen LogP contribution is 2.18. The van der Waals surface area contributed by atoms with Crippen molar-refractivity contribution < 1.29 is 41.0 Å². The Morgan fingerprint density at radius 2 is 1.68 bits per heavy atom. The third-order valence-corrected chi connectivity index (χ3v) is 7.86. The molecule has 0 radical (unpaired) electrons. The third kappa shape index (κ3) is 12.5. The highest BCUT2D eigenvalue weighted by Gasteiger charge is 2.44. The van der Waals surface area contributed by atoms with Crippen LogP contribution in [0.25, 0.3) is 0 Å². The van der Waals surface area contributed by atoms with Crippen molar-refractivity contribution in [2.24, 2.45) is 5.92 Å². The van der Waals surface area contributed by atoms with E-state index in [2.05, 4.69) is 38.0 Å². The first-order chi connectivity index (χ1) is 18.7. The van der Waals surface area contributed by atoms with E-state index in [9.17, 15) is 36.3 Å². The minimum absolute atomic E-state index is 0.0112. The second kappa shape index (κ2) is 15.7. The van der Waals surface area contributed by atoms with E-state index < -0.39 is 52.9 Å². The monoisotopic (exact) mass is 699 g/mol. The summed E-state index contributed by atoms with van der Waals surface area (Å²) in [4.78, 5) is 24.6. The van der Waals surface area contributed by atoms with Crippen molar-refractivity contribution in [3.63, 3.8) is 0 Å². The first-order valence-electron chi connectivity index (χ1n) is 12.4. The van der Waals surface area contributed by atoms with Crippen molar-refractivity contribution in [2.45, 2.75) is 51.2 Å². The Labute approximate surface area is 245 Å². The number of aliphatic hydroxyl groups is 1. The molecular weight excluding hydrogens is 666 g/mol. The maximum atomic E-state index is 13.1. The maximum absolute atomic E-state index is 13.1. The van der Waals surface area contributed by atoms with Gasteiger partial charge in [0.05, 0.1) is 24.4 Å². The number of carbonyl (C=O) groups excluding carboxylic acids is 2. The normalized spacial score (nSPS) is 14.4. The van der Waals surface area contributed by atoms with Crippen LogP contribution >= 0.6 is 22.6 Å². The smallest absolute Gasteiger partial charge is 0.444 e. The molecular formula is C26H33F3IN3O6S. The largest absolute Gasteiger partial charge is 0.490 e. The fourth-order valence-electron chi connectivity index (χ4n) is 3.66. The van der Waals surface area contributed by atoms with Crippen LogP contribution in [0.2, 0.25) is 0 Å². The van der Waals surface area contributed by atoms with E-state index in [1.807, 2.05) is 29.0 Å². The molecule has 40 heavy (non-hydrogen) atoms. The van der Waals surface area contributed by atoms with Gasteiger partial charge in [0.1, 0.15) is 0 Å². The molecule has 1 unspecified atom stereocenters. The summed E-state index contributed by atoms with van der Waals surface area (Å²) in [5, 5.41) is 16.5. The number of ether oxygens (including phenoxy) is 1. The number of sulfonamides is 1. The van der Waals surface area contributed by atoms with Crippen molar-refractivity contribution in [1.29, 1.82) is 0 Å². The molecule has 2 aromatic carbocycles. The Kier molecular flexibility index (Phi) is 13.3. The molecule has 0 saturated heterocycles. The van der Waals surface area contributed by atoms with Crippen LogP contribution in [-0.2, 0) is 37.3 Å². The van der Waals surface area contributed by atoms with Gasteiger partial charge in [0.2, 0.25) is 10.0 Å². The molecule has 0 bridgehead atoms. The highest BCUT2D eigenvalue weighted by molar-refractivity contribution is 14.1. The number of benzene rings is 2. The topological polar surface area (TPSA) is 134 Å². The second-order valence-electron chi connectivity index (χ2n) is 9.55. The molecule has 0 aromatic heterocycles. The summed E-state index contributed by atoms with van der Waals surface area (Å²) in [5.41, 5.74) is 1.67. The molecule has 0 heterocycles. The molecule has 2 rings (SSSR count). The van der Waals surface area contributed by atoms with Crippen LogP contribution in [0.5, 0.6) is 0 Å². The minimum Gasteiger partial charge on any atom is -0.444 e. The Morgan fingerprint density at radius 3 is 2.27 bits per heavy atom. The van der Waals surface area contributed by atoms with E-state index >= 15 is 0 Å². The van der Waals surface area contributed by atoms with Crippen LogP contribution in [0.1, 0.15) is 25.0 Å². The lowest BCUT2D eigenvalue weighted by atomic mass is 10.0. The first-order valence-corrected chi connectivity index (χ1v) is 15.1. The molecule has 0 spiro atoms. The summed E-state index contributed by atoms with van der Waals surface area (Å²) in [6.45, 7) is 2.74. The molecule has 3 atom stereocenters. The number of carbonyl (C=O) groups is 2. The van der Waals surface area contributed by atoms with Crippen LogP contribution < -0.4 is 15.4 Å². The van der Waals surface area contributed by atoms with Crippen LogP contribution in [0.3, 0.4) is 0 Å². The minimum atomic E-state index is -5.41. The first kappa shape index (κ1) is 33.9. The Morgan fingerprint density at radius 1 is 1.02 bits per heavy atom. The van der Waals surface area contributed by atoms with Crippen LogP contribution in [0.4, 0.5) is 13.2 Å². The van der Waals surface area contributed by atoms with Gasteiger partial charge in [0.15, 0.2) is 6.10 Å². The van der Waals surface area contributed by atoms with Gasteiger partial charge in [-0.05, 0) is 58.2 Å². The number of hydrogen-bond acceptors (Lipinski definition) is 7. The van der Waals surface area contributed by atoms with Gasteiger partial charge in [0.25, 0.3) is 5.91 Å². The van der Waals surface area contributed by atoms with E-state index in [0.29, 0.717) is 12.1 Å². The molecule has 2 aromatic rings. The molecule has 9 nitrogen and oxygen atoms in total. The standard InChI is InChI=1S/C26H33F3IN3O6S/c1-17(2)16-40(37,38)32-15-23(39-25(36)26(27,28)29)24(35)33-21(12-18-7-4-3-5-8-18)22(34)14-31-13-19-9-6-10-20(30)11-19/h3-11,17,21-23,31-32,34H,12-16H2,1-2H3,(H,33,35)/t21-,22+,23?/m0/s1. The second-order valence-corrected chi connectivity index (χ2v) is 12.6. The molecule has 0 aliphatic heterocycles. The number of aliphatic hydroxyl groups excluding tert-OH is 1. The van der Waals surface area contributed by atoms with E-state index in [-0.39, 0.29) is 24.6 Å². The van der Waals surface area contributed by atoms with Crippen molar-refractivity contribution in [2.75, 3.05) is 18.8 Å². The van der Waals surface area contributed by atoms with Crippen LogP contribution in [-0.4, -0.2) is 68.7 Å². The number of nitrogens with one attached hydrogen (secondary N) is 3. The summed E-state index contributed by atoms with van der Waals surface area (Å²) in [5.74, 6) is -4.49. The predicted octanol–water partition coefficient (Wildman–Crippen LogP) is 2.52. The van der Waals surface area contributed by atoms with Gasteiger partial charge < -0.3 is 20.5 Å². The Balaban J connectivity index is 2.19. The van der Waals surface area contributed by atoms with Gasteiger partial charge in [-0.3, -0.25) is 4.79 Å². The fourth-order valence-corrected chi connectivity index (χ4v) is 5.67. The van der Waals surface area contributed by atoms with Gasteiger partial charge in [-0.2, -0.15) is 13.2 Å². The number of halogens is 4. The molecule has 0 aliphatic rings. The van der Waals surface area contributed by atoms with E-state index in [0.717, 1.165) is 9.13 Å². The van der Waals surface area contributed by atoms with Crippen LogP contribution in [0, 0.1) is 9.49 Å². The van der Waals surface area contributed by atoms with Crippen LogP contribution in [0.15, 0.2) is 54.6 Å². The van der Waals surface area contributed by atoms with Gasteiger partial charge in [-0.25, -0.2) is 17.9 Å². The lowest BCUT2D eigenvalue weighted by Gasteiger charge is -2.27. The fraction of sp³-hybridized carbons (Fsp3) is 0.462. The predicted molar refractivity (Wildman–Crippen MR) is 152 cm³/mol. The number of rotatable bonds is 15. The van der Waals surface area contributed by atoms with Crippen molar-refractivity contribution in [1.82, 2.24) is 15.4 Å². The molecule has 0 fully saturated rings. The zero-order valence-corrected chi connectivity index (χ0v) is 24.9. The van der Waals surface area contributed by atoms with Crippen molar-refractivity contribution in [3.05, 3.63) is 69.3 Å². The summed E-state index contributed by atoms with van der Waals surface area (Å²) in [6.07, 6.45) is -8.65. The van der Waals surface area contributed by atoms with Gasteiger partial charge in [-0.15, -0.1) is 0 Å². The average molecular weight is 700 g/mol. The summed E-state index contributed by atoms with van der Waals surface area (Å²) in [7, 11) is -3.98. The Bertz CT molecular complexity index is 1220. The van der Waals surface area contributed by atoms with E-state index in [1.54, 1.807) is 44.2 Å². The van der Waals surface area contributed by atoms with Gasteiger partial charge in [-0.1, -0.05) is 56.3 Å². The third-order valence-electron chi connectivity index (χ3n) is 5.48. The van der Waals surface area contributed by atoms with Gasteiger partial charge in [0, 0.05) is 16.7 Å².